The number of benzene rings is 4. The van der Waals surface area contributed by atoms with Gasteiger partial charge >= 0.3 is 0 Å². The number of fused-ring (bicyclic) bond motifs is 1. The van der Waals surface area contributed by atoms with Crippen molar-refractivity contribution in [2.75, 3.05) is 41.8 Å². The average Bonchev–Trinajstić information content (AvgIpc) is 3.59. The van der Waals surface area contributed by atoms with Gasteiger partial charge in [-0.05, 0) is 86.2 Å². The molecule has 0 aromatic heterocycles. The molecule has 6 amide bonds. The van der Waals surface area contributed by atoms with Gasteiger partial charge < -0.3 is 20.3 Å². The van der Waals surface area contributed by atoms with Crippen LogP contribution in [0.2, 0.25) is 0 Å². The van der Waals surface area contributed by atoms with Gasteiger partial charge in [0.15, 0.2) is 0 Å². The van der Waals surface area contributed by atoms with E-state index in [1.807, 2.05) is 6.07 Å². The number of amides is 6. The molecule has 0 saturated carbocycles. The number of imide groups is 2. The van der Waals surface area contributed by atoms with E-state index in [1.54, 1.807) is 67.7 Å². The van der Waals surface area contributed by atoms with E-state index < -0.39 is 40.6 Å². The van der Waals surface area contributed by atoms with Crippen molar-refractivity contribution < 1.29 is 41.9 Å². The van der Waals surface area contributed by atoms with Crippen LogP contribution in [0.1, 0.15) is 75.2 Å². The van der Waals surface area contributed by atoms with Gasteiger partial charge in [-0.1, -0.05) is 18.2 Å². The number of piperidine rings is 1. The Morgan fingerprint density at radius 3 is 2.45 bits per heavy atom. The number of rotatable bonds is 15. The van der Waals surface area contributed by atoms with E-state index in [-0.39, 0.29) is 42.2 Å². The highest BCUT2D eigenvalue weighted by Gasteiger charge is 2.45. The molecule has 290 valence electrons. The molecule has 3 aliphatic heterocycles. The van der Waals surface area contributed by atoms with E-state index in [0.717, 1.165) is 11.3 Å². The first-order valence-electron chi connectivity index (χ1n) is 18.3. The Hall–Kier alpha value is -6.29. The number of methoxy groups -OCH3 is 1. The first-order chi connectivity index (χ1) is 27.0. The van der Waals surface area contributed by atoms with Crippen molar-refractivity contribution in [2.24, 2.45) is 0 Å². The summed E-state index contributed by atoms with van der Waals surface area (Å²) in [5.41, 5.74) is 3.41. The standard InChI is InChI=1S/C40H40N6O9S/c1-44-30-15-14-28(46(56(53)54)29-11-4-5-12-32(29)55-2)25-21-23(22-26(35(25)30)38(44)50)13-17-33(47)42-20-7-3-6-19-41-27-10-8-9-24-36(27)40(52)45(39(24)51)31-16-18-34(48)43-37(31)49/h4-5,8-12,14-15,21-22,31,41,56H,3,6-7,13,16-20H2,1-2H3,(H,42,47)(H,43,48,49). The van der Waals surface area contributed by atoms with E-state index in [4.69, 9.17) is 4.74 Å². The lowest BCUT2D eigenvalue weighted by molar-refractivity contribution is -0.136. The Morgan fingerprint density at radius 1 is 0.893 bits per heavy atom. The summed E-state index contributed by atoms with van der Waals surface area (Å²) < 4.78 is 32.1. The van der Waals surface area contributed by atoms with E-state index in [9.17, 15) is 37.2 Å². The predicted molar refractivity (Wildman–Crippen MR) is 209 cm³/mol. The quantitative estimate of drug-likeness (QED) is 0.0784. The summed E-state index contributed by atoms with van der Waals surface area (Å²) in [7, 11) is -0.0276. The predicted octanol–water partition coefficient (Wildman–Crippen LogP) is 3.84. The number of carbonyl (C=O) groups excluding carboxylic acids is 6. The fraction of sp³-hybridized carbons (Fsp3) is 0.300. The Bertz CT molecular complexity index is 2390. The number of anilines is 4. The fourth-order valence-corrected chi connectivity index (χ4v) is 8.27. The summed E-state index contributed by atoms with van der Waals surface area (Å²) in [5, 5.41) is 9.57. The largest absolute Gasteiger partial charge is 0.495 e. The number of para-hydroxylation sites is 2. The Morgan fingerprint density at radius 2 is 1.68 bits per heavy atom. The molecule has 0 spiro atoms. The van der Waals surface area contributed by atoms with Crippen molar-refractivity contribution in [3.05, 3.63) is 89.0 Å². The van der Waals surface area contributed by atoms with Crippen molar-refractivity contribution in [2.45, 2.75) is 51.0 Å². The first kappa shape index (κ1) is 38.0. The van der Waals surface area contributed by atoms with E-state index in [1.165, 1.54) is 16.3 Å². The van der Waals surface area contributed by atoms with Crippen LogP contribution in [0.5, 0.6) is 5.75 Å². The fourth-order valence-electron chi connectivity index (χ4n) is 7.57. The minimum absolute atomic E-state index is 0.0446. The van der Waals surface area contributed by atoms with Crippen LogP contribution in [0.3, 0.4) is 0 Å². The van der Waals surface area contributed by atoms with Crippen molar-refractivity contribution >= 4 is 79.9 Å². The molecule has 3 heterocycles. The number of nitrogens with one attached hydrogen (secondary N) is 3. The lowest BCUT2D eigenvalue weighted by Gasteiger charge is -2.27. The molecule has 7 rings (SSSR count). The molecular formula is C40H40N6O9S. The van der Waals surface area contributed by atoms with Crippen molar-refractivity contribution in [1.82, 2.24) is 15.5 Å². The third-order valence-electron chi connectivity index (χ3n) is 10.3. The van der Waals surface area contributed by atoms with Gasteiger partial charge in [0.2, 0.25) is 28.6 Å². The molecule has 3 N–H and O–H groups in total. The van der Waals surface area contributed by atoms with Crippen LogP contribution in [-0.2, 0) is 31.7 Å². The molecule has 1 atom stereocenters. The van der Waals surface area contributed by atoms with E-state index >= 15 is 0 Å². The minimum atomic E-state index is -3.16. The van der Waals surface area contributed by atoms with Gasteiger partial charge in [0.25, 0.3) is 17.7 Å². The number of thiol groups is 1. The highest BCUT2D eigenvalue weighted by Crippen LogP contribution is 2.45. The molecule has 1 saturated heterocycles. The third-order valence-corrected chi connectivity index (χ3v) is 11.1. The smallest absolute Gasteiger partial charge is 0.264 e. The number of unbranched alkanes of at least 4 members (excludes halogenated alkanes) is 2. The number of aryl methyl sites for hydroxylation is 1. The lowest BCUT2D eigenvalue weighted by atomic mass is 9.97. The molecule has 56 heavy (non-hydrogen) atoms. The average molecular weight is 781 g/mol. The van der Waals surface area contributed by atoms with Crippen LogP contribution in [0.15, 0.2) is 66.7 Å². The summed E-state index contributed by atoms with van der Waals surface area (Å²) in [6.45, 7) is 0.943. The number of hydrogen-bond acceptors (Lipinski definition) is 10. The van der Waals surface area contributed by atoms with Crippen molar-refractivity contribution in [3.63, 3.8) is 0 Å². The number of ether oxygens (including phenoxy) is 1. The van der Waals surface area contributed by atoms with E-state index in [0.29, 0.717) is 82.8 Å². The van der Waals surface area contributed by atoms with Gasteiger partial charge in [0.1, 0.15) is 11.8 Å². The summed E-state index contributed by atoms with van der Waals surface area (Å²) in [5.74, 6) is -2.25. The Balaban J connectivity index is 0.934. The molecule has 15 nitrogen and oxygen atoms in total. The second kappa shape index (κ2) is 15.8. The van der Waals surface area contributed by atoms with Crippen molar-refractivity contribution in [3.8, 4) is 5.75 Å². The Labute approximate surface area is 324 Å². The zero-order chi connectivity index (χ0) is 39.7. The maximum atomic E-state index is 13.3. The molecule has 4 aromatic carbocycles. The number of nitrogens with zero attached hydrogens (tertiary/aromatic N) is 3. The Kier molecular flexibility index (Phi) is 10.7. The molecule has 16 heteroatoms. The third kappa shape index (κ3) is 7.03. The molecule has 0 bridgehead atoms. The van der Waals surface area contributed by atoms with Crippen LogP contribution in [-0.4, -0.2) is 82.0 Å². The van der Waals surface area contributed by atoms with Crippen LogP contribution in [0.25, 0.3) is 10.8 Å². The van der Waals surface area contributed by atoms with Gasteiger partial charge in [0.05, 0.1) is 40.9 Å². The highest BCUT2D eigenvalue weighted by molar-refractivity contribution is 7.74. The number of carbonyl (C=O) groups is 6. The SMILES string of the molecule is COc1ccccc1N(c1ccc2c3c(cc(CCC(=O)NCCCCCNc4cccc5c4C(=O)N(C4CCC(=O)NC4=O)C5=O)cc13)C(=O)N2C)[SH](=O)=O. The topological polar surface area (TPSA) is 192 Å². The van der Waals surface area contributed by atoms with Gasteiger partial charge in [-0.15, -0.1) is 0 Å². The maximum Gasteiger partial charge on any atom is 0.264 e. The number of hydrogen-bond donors (Lipinski definition) is 4. The molecule has 4 aromatic rings. The van der Waals surface area contributed by atoms with Crippen LogP contribution >= 0.6 is 0 Å². The second-order valence-corrected chi connectivity index (χ2v) is 14.6. The van der Waals surface area contributed by atoms with Gasteiger partial charge in [-0.3, -0.25) is 39.0 Å². The van der Waals surface area contributed by atoms with E-state index in [2.05, 4.69) is 16.0 Å². The van der Waals surface area contributed by atoms with Crippen LogP contribution in [0, 0.1) is 0 Å². The highest BCUT2D eigenvalue weighted by atomic mass is 32.2. The second-order valence-electron chi connectivity index (χ2n) is 13.8. The summed E-state index contributed by atoms with van der Waals surface area (Å²) in [6.07, 6.45) is 2.77. The van der Waals surface area contributed by atoms with Crippen LogP contribution < -0.4 is 29.9 Å². The normalized spacial score (nSPS) is 16.1. The first-order valence-corrected chi connectivity index (χ1v) is 19.4. The zero-order valence-corrected chi connectivity index (χ0v) is 31.6. The van der Waals surface area contributed by atoms with Crippen LogP contribution in [0.4, 0.5) is 22.7 Å². The molecule has 0 aliphatic carbocycles. The molecule has 1 fully saturated rings. The molecule has 0 radical (unpaired) electrons. The molecule has 3 aliphatic rings. The lowest BCUT2D eigenvalue weighted by Crippen LogP contribution is -2.54. The summed E-state index contributed by atoms with van der Waals surface area (Å²) in [6, 6.07) is 17.7. The van der Waals surface area contributed by atoms with Crippen molar-refractivity contribution in [1.29, 1.82) is 0 Å². The minimum Gasteiger partial charge on any atom is -0.495 e. The summed E-state index contributed by atoms with van der Waals surface area (Å²) >= 11 is 0. The molecule has 1 unspecified atom stereocenters. The van der Waals surface area contributed by atoms with Gasteiger partial charge in [0, 0.05) is 49.4 Å². The molecular weight excluding hydrogens is 741 g/mol. The monoisotopic (exact) mass is 780 g/mol. The summed E-state index contributed by atoms with van der Waals surface area (Å²) in [4.78, 5) is 79.0. The van der Waals surface area contributed by atoms with Gasteiger partial charge in [-0.25, -0.2) is 12.7 Å². The van der Waals surface area contributed by atoms with Gasteiger partial charge in [-0.2, -0.15) is 0 Å². The zero-order valence-electron chi connectivity index (χ0n) is 30.8. The maximum absolute atomic E-state index is 13.3.